The van der Waals surface area contributed by atoms with E-state index in [9.17, 15) is 4.79 Å². The molecule has 2 heterocycles. The summed E-state index contributed by atoms with van der Waals surface area (Å²) in [5, 5.41) is 1.00. The summed E-state index contributed by atoms with van der Waals surface area (Å²) in [5.74, 6) is 1.90. The van der Waals surface area contributed by atoms with Crippen LogP contribution in [0.1, 0.15) is 21.7 Å². The maximum Gasteiger partial charge on any atom is 0.289 e. The second-order valence-corrected chi connectivity index (χ2v) is 7.31. The third kappa shape index (κ3) is 3.80. The first-order chi connectivity index (χ1) is 14.1. The maximum atomic E-state index is 13.0. The van der Waals surface area contributed by atoms with Crippen molar-refractivity contribution in [3.63, 3.8) is 0 Å². The number of hydrogen-bond acceptors (Lipinski definition) is 5. The quantitative estimate of drug-likeness (QED) is 0.660. The molecule has 0 saturated carbocycles. The van der Waals surface area contributed by atoms with Gasteiger partial charge in [0, 0.05) is 43.7 Å². The maximum absolute atomic E-state index is 13.0. The monoisotopic (exact) mass is 394 g/mol. The number of ether oxygens (including phenoxy) is 2. The Kier molecular flexibility index (Phi) is 5.45. The molecule has 0 aliphatic carbocycles. The third-order valence-corrected chi connectivity index (χ3v) is 5.55. The topological polar surface area (TPSA) is 55.2 Å². The van der Waals surface area contributed by atoms with Crippen LogP contribution in [0.3, 0.4) is 0 Å². The number of benzene rings is 2. The summed E-state index contributed by atoms with van der Waals surface area (Å²) in [4.78, 5) is 17.2. The van der Waals surface area contributed by atoms with Crippen molar-refractivity contribution in [2.45, 2.75) is 13.5 Å². The fourth-order valence-electron chi connectivity index (χ4n) is 3.87. The summed E-state index contributed by atoms with van der Waals surface area (Å²) in [7, 11) is 3.28. The zero-order valence-electron chi connectivity index (χ0n) is 17.1. The van der Waals surface area contributed by atoms with Crippen LogP contribution in [0.2, 0.25) is 0 Å². The molecule has 4 rings (SSSR count). The van der Waals surface area contributed by atoms with Crippen molar-refractivity contribution in [2.24, 2.45) is 0 Å². The number of carbonyl (C=O) groups excluding carboxylic acids is 1. The molecule has 1 aromatic heterocycles. The molecule has 6 heteroatoms. The van der Waals surface area contributed by atoms with Crippen molar-refractivity contribution in [1.82, 2.24) is 9.80 Å². The lowest BCUT2D eigenvalue weighted by molar-refractivity contribution is 0.0599. The highest BCUT2D eigenvalue weighted by Gasteiger charge is 2.26. The second kappa shape index (κ2) is 8.17. The van der Waals surface area contributed by atoms with Gasteiger partial charge in [-0.3, -0.25) is 9.69 Å². The van der Waals surface area contributed by atoms with Crippen LogP contribution in [0.5, 0.6) is 11.5 Å². The van der Waals surface area contributed by atoms with Gasteiger partial charge in [0.25, 0.3) is 5.91 Å². The van der Waals surface area contributed by atoms with Crippen LogP contribution in [-0.2, 0) is 6.54 Å². The average Bonchev–Trinajstić information content (AvgIpc) is 3.10. The predicted molar refractivity (Wildman–Crippen MR) is 112 cm³/mol. The second-order valence-electron chi connectivity index (χ2n) is 7.31. The molecule has 0 radical (unpaired) electrons. The Bertz CT molecular complexity index is 1020. The van der Waals surface area contributed by atoms with E-state index in [1.165, 1.54) is 0 Å². The predicted octanol–water partition coefficient (Wildman–Crippen LogP) is 3.72. The van der Waals surface area contributed by atoms with Gasteiger partial charge in [0.05, 0.1) is 14.2 Å². The number of fused-ring (bicyclic) bond motifs is 1. The van der Waals surface area contributed by atoms with Gasteiger partial charge in [0.2, 0.25) is 0 Å². The zero-order valence-corrected chi connectivity index (χ0v) is 17.1. The smallest absolute Gasteiger partial charge is 0.289 e. The van der Waals surface area contributed by atoms with E-state index in [4.69, 9.17) is 13.9 Å². The Morgan fingerprint density at radius 3 is 2.41 bits per heavy atom. The first-order valence-corrected chi connectivity index (χ1v) is 9.81. The number of furan rings is 1. The van der Waals surface area contributed by atoms with Crippen molar-refractivity contribution >= 4 is 16.9 Å². The van der Waals surface area contributed by atoms with Gasteiger partial charge in [-0.05, 0) is 30.7 Å². The minimum atomic E-state index is -0.0236. The molecule has 1 aliphatic heterocycles. The van der Waals surface area contributed by atoms with Gasteiger partial charge in [-0.1, -0.05) is 24.3 Å². The van der Waals surface area contributed by atoms with E-state index in [1.54, 1.807) is 14.2 Å². The third-order valence-electron chi connectivity index (χ3n) is 5.55. The SMILES string of the molecule is COc1ccc(CN2CCN(C(=O)c3oc4ccccc4c3C)CC2)cc1OC. The van der Waals surface area contributed by atoms with Crippen LogP contribution < -0.4 is 9.47 Å². The number of methoxy groups -OCH3 is 2. The Hall–Kier alpha value is -2.99. The van der Waals surface area contributed by atoms with Crippen molar-refractivity contribution in [1.29, 1.82) is 0 Å². The van der Waals surface area contributed by atoms with Gasteiger partial charge in [-0.15, -0.1) is 0 Å². The van der Waals surface area contributed by atoms with E-state index in [1.807, 2.05) is 48.2 Å². The van der Waals surface area contributed by atoms with Gasteiger partial charge in [-0.25, -0.2) is 0 Å². The van der Waals surface area contributed by atoms with Crippen LogP contribution >= 0.6 is 0 Å². The number of carbonyl (C=O) groups is 1. The van der Waals surface area contributed by atoms with E-state index < -0.39 is 0 Å². The highest BCUT2D eigenvalue weighted by molar-refractivity contribution is 5.98. The van der Waals surface area contributed by atoms with Crippen LogP contribution in [0.15, 0.2) is 46.9 Å². The highest BCUT2D eigenvalue weighted by atomic mass is 16.5. The lowest BCUT2D eigenvalue weighted by atomic mass is 10.1. The zero-order chi connectivity index (χ0) is 20.4. The van der Waals surface area contributed by atoms with Crippen LogP contribution in [0.4, 0.5) is 0 Å². The fraction of sp³-hybridized carbons (Fsp3) is 0.348. The summed E-state index contributed by atoms with van der Waals surface area (Å²) >= 11 is 0. The van der Waals surface area contributed by atoms with Gasteiger partial charge < -0.3 is 18.8 Å². The Morgan fingerprint density at radius 2 is 1.72 bits per heavy atom. The molecule has 3 aromatic rings. The molecule has 2 aromatic carbocycles. The molecule has 0 unspecified atom stereocenters. The number of amides is 1. The number of nitrogens with zero attached hydrogens (tertiary/aromatic N) is 2. The van der Waals surface area contributed by atoms with Crippen LogP contribution in [0.25, 0.3) is 11.0 Å². The molecule has 0 bridgehead atoms. The first-order valence-electron chi connectivity index (χ1n) is 9.81. The van der Waals surface area contributed by atoms with E-state index in [0.717, 1.165) is 53.2 Å². The van der Waals surface area contributed by atoms with Crippen molar-refractivity contribution in [3.8, 4) is 11.5 Å². The van der Waals surface area contributed by atoms with Crippen LogP contribution in [0, 0.1) is 6.92 Å². The molecule has 29 heavy (non-hydrogen) atoms. The standard InChI is InChI=1S/C23H26N2O4/c1-16-18-6-4-5-7-19(18)29-22(16)23(26)25-12-10-24(11-13-25)15-17-8-9-20(27-2)21(14-17)28-3/h4-9,14H,10-13,15H2,1-3H3. The number of para-hydroxylation sites is 1. The van der Waals surface area contributed by atoms with Crippen molar-refractivity contribution in [3.05, 3.63) is 59.4 Å². The highest BCUT2D eigenvalue weighted by Crippen LogP contribution is 2.29. The van der Waals surface area contributed by atoms with Gasteiger partial charge in [0.15, 0.2) is 17.3 Å². The summed E-state index contributed by atoms with van der Waals surface area (Å²) in [6.45, 7) is 5.77. The Balaban J connectivity index is 1.40. The molecule has 0 spiro atoms. The molecular formula is C23H26N2O4. The summed E-state index contributed by atoms with van der Waals surface area (Å²) < 4.78 is 16.5. The molecule has 0 N–H and O–H groups in total. The first kappa shape index (κ1) is 19.3. The lowest BCUT2D eigenvalue weighted by Gasteiger charge is -2.34. The molecule has 152 valence electrons. The Labute approximate surface area is 170 Å². The van der Waals surface area contributed by atoms with E-state index >= 15 is 0 Å². The normalized spacial score (nSPS) is 14.9. The molecule has 1 amide bonds. The van der Waals surface area contributed by atoms with E-state index in [2.05, 4.69) is 11.0 Å². The summed E-state index contributed by atoms with van der Waals surface area (Å²) in [6.07, 6.45) is 0. The molecule has 1 aliphatic rings. The fourth-order valence-corrected chi connectivity index (χ4v) is 3.87. The minimum Gasteiger partial charge on any atom is -0.493 e. The number of hydrogen-bond donors (Lipinski definition) is 0. The van der Waals surface area contributed by atoms with Gasteiger partial charge >= 0.3 is 0 Å². The van der Waals surface area contributed by atoms with Crippen molar-refractivity contribution < 1.29 is 18.7 Å². The molecule has 0 atom stereocenters. The molecule has 1 saturated heterocycles. The largest absolute Gasteiger partial charge is 0.493 e. The number of aryl methyl sites for hydroxylation is 1. The Morgan fingerprint density at radius 1 is 1.00 bits per heavy atom. The minimum absolute atomic E-state index is 0.0236. The average molecular weight is 394 g/mol. The van der Waals surface area contributed by atoms with Crippen molar-refractivity contribution in [2.75, 3.05) is 40.4 Å². The van der Waals surface area contributed by atoms with Gasteiger partial charge in [0.1, 0.15) is 5.58 Å². The van der Waals surface area contributed by atoms with E-state index in [0.29, 0.717) is 18.8 Å². The summed E-state index contributed by atoms with van der Waals surface area (Å²) in [6, 6.07) is 13.8. The van der Waals surface area contributed by atoms with Gasteiger partial charge in [-0.2, -0.15) is 0 Å². The molecule has 1 fully saturated rings. The number of rotatable bonds is 5. The lowest BCUT2D eigenvalue weighted by Crippen LogP contribution is -2.48. The molecular weight excluding hydrogens is 368 g/mol. The molecule has 6 nitrogen and oxygen atoms in total. The van der Waals surface area contributed by atoms with Crippen LogP contribution in [-0.4, -0.2) is 56.1 Å². The van der Waals surface area contributed by atoms with E-state index in [-0.39, 0.29) is 5.91 Å². The number of piperazine rings is 1. The summed E-state index contributed by atoms with van der Waals surface area (Å²) in [5.41, 5.74) is 2.84.